The van der Waals surface area contributed by atoms with E-state index in [-0.39, 0.29) is 11.3 Å². The van der Waals surface area contributed by atoms with Crippen LogP contribution in [0.15, 0.2) is 30.3 Å². The Balaban J connectivity index is 2.54. The summed E-state index contributed by atoms with van der Waals surface area (Å²) >= 11 is 0. The summed E-state index contributed by atoms with van der Waals surface area (Å²) in [7, 11) is 0. The minimum Gasteiger partial charge on any atom is -0.478 e. The molecule has 0 radical (unpaired) electrons. The Labute approximate surface area is 121 Å². The molecule has 2 aromatic carbocycles. The van der Waals surface area contributed by atoms with Crippen molar-refractivity contribution < 1.29 is 19.0 Å². The van der Waals surface area contributed by atoms with Crippen LogP contribution < -0.4 is 4.74 Å². The fraction of sp³-hybridized carbons (Fsp3) is 0.125. The van der Waals surface area contributed by atoms with Crippen molar-refractivity contribution in [3.8, 4) is 17.6 Å². The van der Waals surface area contributed by atoms with Gasteiger partial charge in [-0.15, -0.1) is 0 Å². The highest BCUT2D eigenvalue weighted by Gasteiger charge is 2.18. The smallest absolute Gasteiger partial charge is 0.339 e. The first-order valence-electron chi connectivity index (χ1n) is 6.15. The normalized spacial score (nSPS) is 10.0. The SMILES string of the molecule is Cc1cc(C#N)cc(C)c1Oc1c(F)cccc1C(=O)O. The molecule has 2 aromatic rings. The summed E-state index contributed by atoms with van der Waals surface area (Å²) in [6.07, 6.45) is 0. The van der Waals surface area contributed by atoms with Crippen molar-refractivity contribution >= 4 is 5.97 Å². The number of hydrogen-bond acceptors (Lipinski definition) is 3. The van der Waals surface area contributed by atoms with Crippen molar-refractivity contribution in [2.45, 2.75) is 13.8 Å². The lowest BCUT2D eigenvalue weighted by atomic mass is 10.1. The maximum atomic E-state index is 13.9. The van der Waals surface area contributed by atoms with Gasteiger partial charge in [0.1, 0.15) is 11.3 Å². The van der Waals surface area contributed by atoms with Crippen LogP contribution in [-0.4, -0.2) is 11.1 Å². The molecular weight excluding hydrogens is 273 g/mol. The van der Waals surface area contributed by atoms with Gasteiger partial charge in [0.15, 0.2) is 11.6 Å². The number of halogens is 1. The van der Waals surface area contributed by atoms with Crippen LogP contribution in [-0.2, 0) is 0 Å². The molecule has 0 atom stereocenters. The van der Waals surface area contributed by atoms with E-state index < -0.39 is 11.8 Å². The molecule has 21 heavy (non-hydrogen) atoms. The number of para-hydroxylation sites is 1. The molecule has 2 rings (SSSR count). The van der Waals surface area contributed by atoms with Crippen molar-refractivity contribution in [2.75, 3.05) is 0 Å². The summed E-state index contributed by atoms with van der Waals surface area (Å²) in [6.45, 7) is 3.43. The Bertz CT molecular complexity index is 740. The van der Waals surface area contributed by atoms with Crippen LogP contribution >= 0.6 is 0 Å². The van der Waals surface area contributed by atoms with E-state index >= 15 is 0 Å². The van der Waals surface area contributed by atoms with Crippen molar-refractivity contribution in [3.63, 3.8) is 0 Å². The first kappa shape index (κ1) is 14.5. The quantitative estimate of drug-likeness (QED) is 0.931. The highest BCUT2D eigenvalue weighted by Crippen LogP contribution is 2.33. The Morgan fingerprint density at radius 3 is 2.38 bits per heavy atom. The number of nitrogens with zero attached hydrogens (tertiary/aromatic N) is 1. The second-order valence-corrected chi connectivity index (χ2v) is 4.57. The molecule has 0 spiro atoms. The highest BCUT2D eigenvalue weighted by atomic mass is 19.1. The van der Waals surface area contributed by atoms with Crippen LogP contribution in [0.5, 0.6) is 11.5 Å². The molecular formula is C16H12FNO3. The molecule has 0 aliphatic heterocycles. The molecule has 1 N–H and O–H groups in total. The Kier molecular flexibility index (Phi) is 3.90. The number of aryl methyl sites for hydroxylation is 2. The minimum absolute atomic E-state index is 0.252. The van der Waals surface area contributed by atoms with Crippen LogP contribution in [0.25, 0.3) is 0 Å². The van der Waals surface area contributed by atoms with E-state index in [9.17, 15) is 9.18 Å². The lowest BCUT2D eigenvalue weighted by Gasteiger charge is -2.14. The predicted molar refractivity (Wildman–Crippen MR) is 74.1 cm³/mol. The van der Waals surface area contributed by atoms with E-state index in [2.05, 4.69) is 0 Å². The molecule has 0 fully saturated rings. The topological polar surface area (TPSA) is 70.3 Å². The van der Waals surface area contributed by atoms with Crippen LogP contribution in [0.3, 0.4) is 0 Å². The standard InChI is InChI=1S/C16H12FNO3/c1-9-6-11(8-18)7-10(2)14(9)21-15-12(16(19)20)4-3-5-13(15)17/h3-7H,1-2H3,(H,19,20). The third-order valence-corrected chi connectivity index (χ3v) is 2.99. The van der Waals surface area contributed by atoms with Crippen LogP contribution in [0.4, 0.5) is 4.39 Å². The maximum Gasteiger partial charge on any atom is 0.339 e. The second-order valence-electron chi connectivity index (χ2n) is 4.57. The van der Waals surface area contributed by atoms with Gasteiger partial charge in [0.25, 0.3) is 0 Å². The van der Waals surface area contributed by atoms with Crippen LogP contribution in [0.2, 0.25) is 0 Å². The molecule has 0 saturated heterocycles. The number of rotatable bonds is 3. The molecule has 5 heteroatoms. The van der Waals surface area contributed by atoms with Gasteiger partial charge in [0, 0.05) is 0 Å². The number of nitriles is 1. The van der Waals surface area contributed by atoms with Gasteiger partial charge >= 0.3 is 5.97 Å². The summed E-state index contributed by atoms with van der Waals surface area (Å²) in [6, 6.07) is 8.94. The molecule has 0 amide bonds. The number of carboxylic acids is 1. The fourth-order valence-corrected chi connectivity index (χ4v) is 2.06. The van der Waals surface area contributed by atoms with E-state index in [1.54, 1.807) is 26.0 Å². The molecule has 0 aliphatic rings. The zero-order valence-electron chi connectivity index (χ0n) is 11.5. The van der Waals surface area contributed by atoms with Crippen LogP contribution in [0, 0.1) is 31.0 Å². The Morgan fingerprint density at radius 2 is 1.86 bits per heavy atom. The monoisotopic (exact) mass is 285 g/mol. The molecule has 0 aromatic heterocycles. The number of hydrogen-bond donors (Lipinski definition) is 1. The number of benzene rings is 2. The zero-order valence-corrected chi connectivity index (χ0v) is 11.5. The van der Waals surface area contributed by atoms with Crippen molar-refractivity contribution in [1.29, 1.82) is 5.26 Å². The number of carboxylic acid groups (broad SMARTS) is 1. The summed E-state index contributed by atoms with van der Waals surface area (Å²) in [5, 5.41) is 18.0. The third-order valence-electron chi connectivity index (χ3n) is 2.99. The van der Waals surface area contributed by atoms with Crippen molar-refractivity contribution in [3.05, 3.63) is 58.4 Å². The lowest BCUT2D eigenvalue weighted by molar-refractivity contribution is 0.0693. The summed E-state index contributed by atoms with van der Waals surface area (Å²) in [5.74, 6) is -2.01. The molecule has 0 bridgehead atoms. The molecule has 0 heterocycles. The number of carbonyl (C=O) groups is 1. The van der Waals surface area contributed by atoms with E-state index in [0.29, 0.717) is 22.4 Å². The molecule has 4 nitrogen and oxygen atoms in total. The van der Waals surface area contributed by atoms with E-state index in [0.717, 1.165) is 6.07 Å². The molecule has 0 aliphatic carbocycles. The van der Waals surface area contributed by atoms with E-state index in [4.69, 9.17) is 15.1 Å². The first-order chi connectivity index (χ1) is 9.93. The molecule has 106 valence electrons. The molecule has 0 unspecified atom stereocenters. The van der Waals surface area contributed by atoms with Crippen molar-refractivity contribution in [2.24, 2.45) is 0 Å². The summed E-state index contributed by atoms with van der Waals surface area (Å²) < 4.78 is 19.4. The summed E-state index contributed by atoms with van der Waals surface area (Å²) in [5.41, 5.74) is 1.47. The average Bonchev–Trinajstić information content (AvgIpc) is 2.43. The largest absolute Gasteiger partial charge is 0.478 e. The average molecular weight is 285 g/mol. The van der Waals surface area contributed by atoms with Gasteiger partial charge in [-0.3, -0.25) is 0 Å². The fourth-order valence-electron chi connectivity index (χ4n) is 2.06. The van der Waals surface area contributed by atoms with Gasteiger partial charge in [-0.25, -0.2) is 9.18 Å². The third kappa shape index (κ3) is 2.84. The maximum absolute atomic E-state index is 13.9. The van der Waals surface area contributed by atoms with E-state index in [1.165, 1.54) is 12.1 Å². The Morgan fingerprint density at radius 1 is 1.24 bits per heavy atom. The van der Waals surface area contributed by atoms with Gasteiger partial charge in [-0.1, -0.05) is 6.07 Å². The first-order valence-corrected chi connectivity index (χ1v) is 6.15. The highest BCUT2D eigenvalue weighted by molar-refractivity contribution is 5.91. The van der Waals surface area contributed by atoms with Gasteiger partial charge < -0.3 is 9.84 Å². The van der Waals surface area contributed by atoms with Crippen molar-refractivity contribution in [1.82, 2.24) is 0 Å². The number of ether oxygens (including phenoxy) is 1. The van der Waals surface area contributed by atoms with Gasteiger partial charge in [-0.2, -0.15) is 5.26 Å². The number of aromatic carboxylic acids is 1. The van der Waals surface area contributed by atoms with Crippen LogP contribution in [0.1, 0.15) is 27.0 Å². The predicted octanol–water partition coefficient (Wildman–Crippen LogP) is 3.80. The second kappa shape index (κ2) is 5.63. The summed E-state index contributed by atoms with van der Waals surface area (Å²) in [4.78, 5) is 11.1. The van der Waals surface area contributed by atoms with Gasteiger partial charge in [0.05, 0.1) is 11.6 Å². The minimum atomic E-state index is -1.27. The molecule has 0 saturated carbocycles. The van der Waals surface area contributed by atoms with E-state index in [1.807, 2.05) is 6.07 Å². The van der Waals surface area contributed by atoms with Gasteiger partial charge in [-0.05, 0) is 49.2 Å². The zero-order chi connectivity index (χ0) is 15.6. The lowest BCUT2D eigenvalue weighted by Crippen LogP contribution is -2.03. The Hall–Kier alpha value is -2.87. The van der Waals surface area contributed by atoms with Gasteiger partial charge in [0.2, 0.25) is 0 Å².